The summed E-state index contributed by atoms with van der Waals surface area (Å²) in [7, 11) is 0. The molecule has 4 aromatic carbocycles. The van der Waals surface area contributed by atoms with Gasteiger partial charge in [0.2, 0.25) is 0 Å². The number of carbonyl (C=O) groups excluding carboxylic acids is 5. The quantitative estimate of drug-likeness (QED) is 0.0470. The summed E-state index contributed by atoms with van der Waals surface area (Å²) < 4.78 is 4.82. The van der Waals surface area contributed by atoms with E-state index in [-0.39, 0.29) is 73.9 Å². The van der Waals surface area contributed by atoms with Crippen molar-refractivity contribution in [2.75, 3.05) is 6.61 Å². The molecule has 0 aliphatic carbocycles. The number of aromatic nitrogens is 4. The first-order valence-electron chi connectivity index (χ1n) is 20.4. The summed E-state index contributed by atoms with van der Waals surface area (Å²) in [6, 6.07) is 36.5. The van der Waals surface area contributed by atoms with Crippen molar-refractivity contribution in [2.24, 2.45) is 0 Å². The van der Waals surface area contributed by atoms with Crippen LogP contribution in [0.25, 0.3) is 0 Å². The first kappa shape index (κ1) is 46.9. The number of Topliss-reactive ketones (excluding diaryl/α,β-unsaturated/α-hetero) is 2. The molecular formula is C48H46N6O10. The molecule has 6 aromatic rings. The Morgan fingerprint density at radius 1 is 0.547 bits per heavy atom. The van der Waals surface area contributed by atoms with Gasteiger partial charge in [0.15, 0.2) is 23.2 Å². The fourth-order valence-corrected chi connectivity index (χ4v) is 6.38. The zero-order valence-corrected chi connectivity index (χ0v) is 34.8. The number of aromatic amines is 2. The van der Waals surface area contributed by atoms with Crippen LogP contribution in [0, 0.1) is 0 Å². The lowest BCUT2D eigenvalue weighted by Gasteiger charge is -2.19. The van der Waals surface area contributed by atoms with E-state index in [1.807, 2.05) is 121 Å². The molecule has 0 spiro atoms. The lowest BCUT2D eigenvalue weighted by Crippen LogP contribution is -2.34. The zero-order chi connectivity index (χ0) is 45.8. The summed E-state index contributed by atoms with van der Waals surface area (Å²) in [6.45, 7) is 1.98. The van der Waals surface area contributed by atoms with Crippen LogP contribution in [0.15, 0.2) is 143 Å². The summed E-state index contributed by atoms with van der Waals surface area (Å²) in [4.78, 5) is 110. The number of amides is 2. The number of benzene rings is 4. The molecule has 2 heterocycles. The molecule has 328 valence electrons. The second kappa shape index (κ2) is 23.7. The van der Waals surface area contributed by atoms with Gasteiger partial charge in [-0.3, -0.25) is 38.4 Å². The highest BCUT2D eigenvalue weighted by Crippen LogP contribution is 2.23. The number of hydrogen-bond donors (Lipinski definition) is 5. The Morgan fingerprint density at radius 2 is 0.891 bits per heavy atom. The minimum Gasteiger partial charge on any atom is -0.481 e. The molecule has 0 saturated heterocycles. The molecule has 6 rings (SSSR count). The number of carboxylic acid groups (broad SMARTS) is 1. The van der Waals surface area contributed by atoms with Crippen molar-refractivity contribution in [3.05, 3.63) is 199 Å². The SMILES string of the molecule is CCOC(=O)CCCC(=O)c1ncc(C(=O)NC(c2ccccc2)c2ccccc2)c(=O)[nH]1.O=C(O)CCCC(=O)c1ncc(C(=O)NC(c2ccccc2)c2ccccc2)c(=O)[nH]1. The monoisotopic (exact) mass is 866 g/mol. The highest BCUT2D eigenvalue weighted by Gasteiger charge is 2.23. The predicted molar refractivity (Wildman–Crippen MR) is 235 cm³/mol. The summed E-state index contributed by atoms with van der Waals surface area (Å²) in [5.74, 6) is -3.89. The van der Waals surface area contributed by atoms with Crippen molar-refractivity contribution in [1.29, 1.82) is 0 Å². The molecule has 0 saturated carbocycles. The van der Waals surface area contributed by atoms with Gasteiger partial charge in [0.25, 0.3) is 22.9 Å². The number of carboxylic acids is 1. The van der Waals surface area contributed by atoms with Crippen molar-refractivity contribution in [3.63, 3.8) is 0 Å². The van der Waals surface area contributed by atoms with Crippen molar-refractivity contribution in [3.8, 4) is 0 Å². The number of ether oxygens (including phenoxy) is 1. The Kier molecular flexibility index (Phi) is 17.4. The minimum absolute atomic E-state index is 0.0252. The van der Waals surface area contributed by atoms with Crippen LogP contribution in [-0.2, 0) is 14.3 Å². The average Bonchev–Trinajstić information content (AvgIpc) is 3.31. The Bertz CT molecular complexity index is 2580. The number of rotatable bonds is 19. The lowest BCUT2D eigenvalue weighted by atomic mass is 9.98. The molecule has 16 nitrogen and oxygen atoms in total. The summed E-state index contributed by atoms with van der Waals surface area (Å²) in [5, 5.41) is 14.4. The number of aliphatic carboxylic acids is 1. The number of esters is 1. The lowest BCUT2D eigenvalue weighted by molar-refractivity contribution is -0.143. The van der Waals surface area contributed by atoms with Gasteiger partial charge < -0.3 is 30.4 Å². The number of carbonyl (C=O) groups is 6. The summed E-state index contributed by atoms with van der Waals surface area (Å²) >= 11 is 0. The Balaban J connectivity index is 0.000000241. The van der Waals surface area contributed by atoms with Crippen molar-refractivity contribution in [2.45, 2.75) is 57.5 Å². The molecule has 5 N–H and O–H groups in total. The molecule has 0 aliphatic rings. The van der Waals surface area contributed by atoms with Crippen LogP contribution >= 0.6 is 0 Å². The second-order valence-electron chi connectivity index (χ2n) is 14.2. The molecule has 0 radical (unpaired) electrons. The summed E-state index contributed by atoms with van der Waals surface area (Å²) in [5.41, 5.74) is 1.52. The number of H-pyrrole nitrogens is 2. The minimum atomic E-state index is -1.01. The average molecular weight is 867 g/mol. The van der Waals surface area contributed by atoms with E-state index in [1.165, 1.54) is 0 Å². The third kappa shape index (κ3) is 13.7. The molecule has 0 aliphatic heterocycles. The number of ketones is 2. The van der Waals surface area contributed by atoms with Gasteiger partial charge in [0.05, 0.1) is 18.7 Å². The van der Waals surface area contributed by atoms with Gasteiger partial charge in [0, 0.05) is 38.1 Å². The molecule has 64 heavy (non-hydrogen) atoms. The van der Waals surface area contributed by atoms with Crippen molar-refractivity contribution < 1.29 is 38.6 Å². The van der Waals surface area contributed by atoms with Crippen molar-refractivity contribution >= 4 is 35.3 Å². The zero-order valence-electron chi connectivity index (χ0n) is 34.8. The molecular weight excluding hydrogens is 821 g/mol. The molecule has 0 fully saturated rings. The van der Waals surface area contributed by atoms with E-state index in [9.17, 15) is 38.4 Å². The largest absolute Gasteiger partial charge is 0.481 e. The maximum Gasteiger partial charge on any atom is 0.305 e. The van der Waals surface area contributed by atoms with E-state index in [2.05, 4.69) is 30.6 Å². The molecule has 2 aromatic heterocycles. The number of nitrogens with zero attached hydrogens (tertiary/aromatic N) is 2. The van der Waals surface area contributed by atoms with Gasteiger partial charge >= 0.3 is 11.9 Å². The smallest absolute Gasteiger partial charge is 0.305 e. The topological polar surface area (TPSA) is 247 Å². The van der Waals surface area contributed by atoms with Crippen molar-refractivity contribution in [1.82, 2.24) is 30.6 Å². The van der Waals surface area contributed by atoms with Crippen LogP contribution in [0.2, 0.25) is 0 Å². The van der Waals surface area contributed by atoms with Crippen LogP contribution < -0.4 is 21.8 Å². The standard InChI is InChI=1S/C25H25N3O5.C23H21N3O5/c1-2-33-21(30)15-9-14-20(29)23-26-16-19(25(32)28-23)24(31)27-22(17-10-5-3-6-11-17)18-12-7-4-8-13-18;27-18(12-7-13-19(28)29)21-24-14-17(23(31)26-21)22(30)25-20(15-8-3-1-4-9-15)16-10-5-2-6-11-16/h3-8,10-13,16,22H,2,9,14-15H2,1H3,(H,27,31)(H,26,28,32);1-6,8-11,14,20H,7,12-13H2,(H,25,30)(H,28,29)(H,24,26,31). The molecule has 2 amide bonds. The van der Waals surface area contributed by atoms with Crippen LogP contribution in [0.5, 0.6) is 0 Å². The molecule has 16 heteroatoms. The third-order valence-corrected chi connectivity index (χ3v) is 9.58. The van der Waals surface area contributed by atoms with E-state index in [4.69, 9.17) is 9.84 Å². The van der Waals surface area contributed by atoms with E-state index in [0.717, 1.165) is 34.6 Å². The Hall–Kier alpha value is -8.14. The summed E-state index contributed by atoms with van der Waals surface area (Å²) in [6.07, 6.45) is 2.48. The fraction of sp³-hybridized carbons (Fsp3) is 0.208. The van der Waals surface area contributed by atoms with E-state index in [1.54, 1.807) is 6.92 Å². The number of hydrogen-bond acceptors (Lipinski definition) is 11. The highest BCUT2D eigenvalue weighted by molar-refractivity contribution is 5.97. The van der Waals surface area contributed by atoms with Crippen LogP contribution in [0.1, 0.15) is 122 Å². The van der Waals surface area contributed by atoms with E-state index < -0.39 is 52.6 Å². The highest BCUT2D eigenvalue weighted by atomic mass is 16.5. The van der Waals surface area contributed by atoms with Gasteiger partial charge in [-0.15, -0.1) is 0 Å². The van der Waals surface area contributed by atoms with Gasteiger partial charge in [-0.2, -0.15) is 0 Å². The van der Waals surface area contributed by atoms with Crippen LogP contribution in [0.3, 0.4) is 0 Å². The first-order valence-corrected chi connectivity index (χ1v) is 20.4. The second-order valence-corrected chi connectivity index (χ2v) is 14.2. The van der Waals surface area contributed by atoms with E-state index in [0.29, 0.717) is 0 Å². The normalized spacial score (nSPS) is 10.6. The van der Waals surface area contributed by atoms with Crippen LogP contribution in [0.4, 0.5) is 0 Å². The molecule has 0 atom stereocenters. The maximum atomic E-state index is 12.9. The molecule has 0 bridgehead atoms. The van der Waals surface area contributed by atoms with Gasteiger partial charge in [-0.1, -0.05) is 121 Å². The maximum absolute atomic E-state index is 12.9. The van der Waals surface area contributed by atoms with Gasteiger partial charge in [0.1, 0.15) is 11.1 Å². The molecule has 0 unspecified atom stereocenters. The van der Waals surface area contributed by atoms with Gasteiger partial charge in [-0.25, -0.2) is 9.97 Å². The Morgan fingerprint density at radius 3 is 1.20 bits per heavy atom. The van der Waals surface area contributed by atoms with Crippen LogP contribution in [-0.4, -0.2) is 67.0 Å². The Labute approximate surface area is 367 Å². The fourth-order valence-electron chi connectivity index (χ4n) is 6.38. The predicted octanol–water partition coefficient (Wildman–Crippen LogP) is 5.93. The third-order valence-electron chi connectivity index (χ3n) is 9.58. The first-order chi connectivity index (χ1) is 30.9. The number of nitrogens with one attached hydrogen (secondary N) is 4. The van der Waals surface area contributed by atoms with E-state index >= 15 is 0 Å². The van der Waals surface area contributed by atoms with Gasteiger partial charge in [-0.05, 0) is 42.0 Å².